The Balaban J connectivity index is 1.80. The van der Waals surface area contributed by atoms with E-state index in [2.05, 4.69) is 16.9 Å². The van der Waals surface area contributed by atoms with Gasteiger partial charge in [-0.25, -0.2) is 0 Å². The highest BCUT2D eigenvalue weighted by atomic mass is 32.2. The van der Waals surface area contributed by atoms with Gasteiger partial charge in [-0.15, -0.1) is 0 Å². The number of likely N-dealkylation sites (tertiary alicyclic amines) is 1. The van der Waals surface area contributed by atoms with Crippen molar-refractivity contribution in [3.8, 4) is 0 Å². The molecular formula is C15H23N3O3S. The molecule has 1 amide bonds. The van der Waals surface area contributed by atoms with Crippen molar-refractivity contribution in [3.63, 3.8) is 0 Å². The Morgan fingerprint density at radius 2 is 1.95 bits per heavy atom. The van der Waals surface area contributed by atoms with Crippen LogP contribution in [0.25, 0.3) is 0 Å². The van der Waals surface area contributed by atoms with Gasteiger partial charge in [-0.2, -0.15) is 17.4 Å². The molecule has 1 saturated heterocycles. The molecule has 0 bridgehead atoms. The average molecular weight is 325 g/mol. The molecule has 1 aliphatic heterocycles. The van der Waals surface area contributed by atoms with E-state index in [1.807, 2.05) is 18.2 Å². The summed E-state index contributed by atoms with van der Waals surface area (Å²) in [5, 5.41) is 0. The molecule has 1 atom stereocenters. The van der Waals surface area contributed by atoms with Crippen molar-refractivity contribution in [3.05, 3.63) is 35.9 Å². The molecule has 1 aromatic rings. The van der Waals surface area contributed by atoms with Crippen LogP contribution in [0.5, 0.6) is 0 Å². The van der Waals surface area contributed by atoms with Crippen molar-refractivity contribution in [2.75, 3.05) is 27.2 Å². The molecule has 22 heavy (non-hydrogen) atoms. The van der Waals surface area contributed by atoms with Gasteiger partial charge < -0.3 is 4.90 Å². The zero-order valence-corrected chi connectivity index (χ0v) is 13.8. The van der Waals surface area contributed by atoms with Gasteiger partial charge in [0, 0.05) is 39.6 Å². The van der Waals surface area contributed by atoms with Gasteiger partial charge in [-0.05, 0) is 18.4 Å². The molecule has 1 N–H and O–H groups in total. The third-order valence-corrected chi connectivity index (χ3v) is 5.34. The Morgan fingerprint density at radius 3 is 2.59 bits per heavy atom. The minimum Gasteiger partial charge on any atom is -0.341 e. The van der Waals surface area contributed by atoms with Crippen LogP contribution in [0.4, 0.5) is 0 Å². The van der Waals surface area contributed by atoms with Crippen LogP contribution in [0.1, 0.15) is 18.4 Å². The maximum atomic E-state index is 12.0. The number of aryl methyl sites for hydroxylation is 1. The van der Waals surface area contributed by atoms with Crippen LogP contribution in [-0.4, -0.2) is 56.8 Å². The van der Waals surface area contributed by atoms with Gasteiger partial charge in [0.25, 0.3) is 10.2 Å². The molecule has 1 aliphatic rings. The lowest BCUT2D eigenvalue weighted by molar-refractivity contribution is -0.127. The summed E-state index contributed by atoms with van der Waals surface area (Å²) in [6, 6.07) is 9.79. The molecule has 1 heterocycles. The van der Waals surface area contributed by atoms with Crippen LogP contribution in [-0.2, 0) is 21.4 Å². The van der Waals surface area contributed by atoms with Gasteiger partial charge in [0.05, 0.1) is 0 Å². The molecular weight excluding hydrogens is 302 g/mol. The molecule has 2 rings (SSSR count). The van der Waals surface area contributed by atoms with Gasteiger partial charge >= 0.3 is 0 Å². The summed E-state index contributed by atoms with van der Waals surface area (Å²) >= 11 is 0. The second-order valence-electron chi connectivity index (χ2n) is 5.74. The topological polar surface area (TPSA) is 69.7 Å². The van der Waals surface area contributed by atoms with Crippen LogP contribution in [0, 0.1) is 0 Å². The molecule has 122 valence electrons. The molecule has 0 spiro atoms. The standard InChI is InChI=1S/C15H23N3O3S/c1-17(2)22(20,21)16-14-11-15(19)18(12-14)10-6-9-13-7-4-3-5-8-13/h3-5,7-8,14,16H,6,9-12H2,1-2H3/t14-/m1/s1. The van der Waals surface area contributed by atoms with E-state index < -0.39 is 10.2 Å². The van der Waals surface area contributed by atoms with Gasteiger partial charge in [0.2, 0.25) is 5.91 Å². The van der Waals surface area contributed by atoms with Gasteiger partial charge in [-0.3, -0.25) is 4.79 Å². The number of carbonyl (C=O) groups excluding carboxylic acids is 1. The van der Waals surface area contributed by atoms with Crippen molar-refractivity contribution < 1.29 is 13.2 Å². The first-order chi connectivity index (χ1) is 10.4. The SMILES string of the molecule is CN(C)S(=O)(=O)N[C@@H]1CC(=O)N(CCCc2ccccc2)C1. The average Bonchev–Trinajstić information content (AvgIpc) is 2.79. The highest BCUT2D eigenvalue weighted by Crippen LogP contribution is 2.14. The third kappa shape index (κ3) is 4.53. The summed E-state index contributed by atoms with van der Waals surface area (Å²) in [6.07, 6.45) is 2.03. The van der Waals surface area contributed by atoms with Crippen molar-refractivity contribution >= 4 is 16.1 Å². The molecule has 0 unspecified atom stereocenters. The number of carbonyl (C=O) groups is 1. The predicted octanol–water partition coefficient (Wildman–Crippen LogP) is 0.616. The first-order valence-corrected chi connectivity index (χ1v) is 8.84. The summed E-state index contributed by atoms with van der Waals surface area (Å²) in [7, 11) is -0.550. The Labute approximate surface area is 132 Å². The van der Waals surface area contributed by atoms with Crippen molar-refractivity contribution in [2.45, 2.75) is 25.3 Å². The normalized spacial score (nSPS) is 19.1. The molecule has 1 aromatic carbocycles. The Bertz CT molecular complexity index is 602. The number of nitrogens with one attached hydrogen (secondary N) is 1. The maximum Gasteiger partial charge on any atom is 0.279 e. The van der Waals surface area contributed by atoms with E-state index in [0.717, 1.165) is 17.1 Å². The number of nitrogens with zero attached hydrogens (tertiary/aromatic N) is 2. The quantitative estimate of drug-likeness (QED) is 0.799. The largest absolute Gasteiger partial charge is 0.341 e. The molecule has 7 heteroatoms. The summed E-state index contributed by atoms with van der Waals surface area (Å²) in [5.74, 6) is 0.0134. The van der Waals surface area contributed by atoms with Crippen LogP contribution in [0.2, 0.25) is 0 Å². The van der Waals surface area contributed by atoms with Crippen molar-refractivity contribution in [1.29, 1.82) is 0 Å². The van der Waals surface area contributed by atoms with Crippen LogP contribution in [0.3, 0.4) is 0 Å². The molecule has 1 fully saturated rings. The summed E-state index contributed by atoms with van der Waals surface area (Å²) < 4.78 is 27.2. The lowest BCUT2D eigenvalue weighted by Crippen LogP contribution is -2.43. The van der Waals surface area contributed by atoms with E-state index in [9.17, 15) is 13.2 Å². The molecule has 0 aromatic heterocycles. The zero-order chi connectivity index (χ0) is 16.2. The fourth-order valence-corrected chi connectivity index (χ4v) is 3.29. The number of hydrogen-bond donors (Lipinski definition) is 1. The van der Waals surface area contributed by atoms with Crippen LogP contribution >= 0.6 is 0 Å². The molecule has 6 nitrogen and oxygen atoms in total. The first kappa shape index (κ1) is 16.9. The van der Waals surface area contributed by atoms with E-state index >= 15 is 0 Å². The van der Waals surface area contributed by atoms with Crippen molar-refractivity contribution in [1.82, 2.24) is 13.9 Å². The lowest BCUT2D eigenvalue weighted by Gasteiger charge is -2.18. The smallest absolute Gasteiger partial charge is 0.279 e. The van der Waals surface area contributed by atoms with E-state index in [0.29, 0.717) is 13.1 Å². The third-order valence-electron chi connectivity index (χ3n) is 3.75. The Kier molecular flexibility index (Phi) is 5.55. The summed E-state index contributed by atoms with van der Waals surface area (Å²) in [4.78, 5) is 13.7. The number of hydrogen-bond acceptors (Lipinski definition) is 3. The number of amides is 1. The molecule has 0 saturated carbocycles. The van der Waals surface area contributed by atoms with Crippen LogP contribution in [0.15, 0.2) is 30.3 Å². The Morgan fingerprint density at radius 1 is 1.27 bits per heavy atom. The van der Waals surface area contributed by atoms with Gasteiger partial charge in [-0.1, -0.05) is 30.3 Å². The highest BCUT2D eigenvalue weighted by molar-refractivity contribution is 7.87. The highest BCUT2D eigenvalue weighted by Gasteiger charge is 2.32. The van der Waals surface area contributed by atoms with E-state index in [-0.39, 0.29) is 18.4 Å². The Hall–Kier alpha value is -1.44. The van der Waals surface area contributed by atoms with Gasteiger partial charge in [0.1, 0.15) is 0 Å². The van der Waals surface area contributed by atoms with Crippen LogP contribution < -0.4 is 4.72 Å². The zero-order valence-electron chi connectivity index (χ0n) is 13.0. The van der Waals surface area contributed by atoms with Gasteiger partial charge in [0.15, 0.2) is 0 Å². The second kappa shape index (κ2) is 7.21. The number of benzene rings is 1. The van der Waals surface area contributed by atoms with E-state index in [1.54, 1.807) is 4.90 Å². The summed E-state index contributed by atoms with van der Waals surface area (Å²) in [6.45, 7) is 1.11. The minimum absolute atomic E-state index is 0.0134. The fourth-order valence-electron chi connectivity index (χ4n) is 2.50. The fraction of sp³-hybridized carbons (Fsp3) is 0.533. The maximum absolute atomic E-state index is 12.0. The first-order valence-electron chi connectivity index (χ1n) is 7.40. The second-order valence-corrected chi connectivity index (χ2v) is 7.65. The minimum atomic E-state index is -3.49. The van der Waals surface area contributed by atoms with E-state index in [4.69, 9.17) is 0 Å². The van der Waals surface area contributed by atoms with E-state index in [1.165, 1.54) is 19.7 Å². The lowest BCUT2D eigenvalue weighted by atomic mass is 10.1. The van der Waals surface area contributed by atoms with Crippen molar-refractivity contribution in [2.24, 2.45) is 0 Å². The molecule has 0 aliphatic carbocycles. The molecule has 0 radical (unpaired) electrons. The summed E-state index contributed by atoms with van der Waals surface area (Å²) in [5.41, 5.74) is 1.25. The monoisotopic (exact) mass is 325 g/mol. The predicted molar refractivity (Wildman–Crippen MR) is 85.5 cm³/mol. The number of rotatable bonds is 7.